The molecular formula is C16H23N2O3P. The maximum atomic E-state index is 13.1. The summed E-state index contributed by atoms with van der Waals surface area (Å²) in [7, 11) is -3.17. The molecule has 3 rings (SSSR count). The molecule has 2 aromatic rings. The van der Waals surface area contributed by atoms with E-state index in [0.717, 1.165) is 11.2 Å². The summed E-state index contributed by atoms with van der Waals surface area (Å²) in [6, 6.07) is 8.30. The summed E-state index contributed by atoms with van der Waals surface area (Å²) in [5.41, 5.74) is 3.49. The molecule has 1 aliphatic rings. The number of aromatic nitrogens is 1. The highest BCUT2D eigenvalue weighted by atomic mass is 31.2. The average molecular weight is 322 g/mol. The second-order valence-electron chi connectivity index (χ2n) is 5.55. The van der Waals surface area contributed by atoms with E-state index >= 15 is 0 Å². The van der Waals surface area contributed by atoms with Crippen LogP contribution in [0.1, 0.15) is 38.1 Å². The highest BCUT2D eigenvalue weighted by Crippen LogP contribution is 2.55. The van der Waals surface area contributed by atoms with Crippen molar-refractivity contribution in [2.24, 2.45) is 0 Å². The van der Waals surface area contributed by atoms with Gasteiger partial charge in [-0.05, 0) is 32.4 Å². The lowest BCUT2D eigenvalue weighted by atomic mass is 10.0. The molecule has 1 aromatic carbocycles. The summed E-state index contributed by atoms with van der Waals surface area (Å²) in [5, 5.41) is 4.59. The molecule has 120 valence electrons. The number of rotatable bonds is 5. The van der Waals surface area contributed by atoms with Crippen LogP contribution >= 0.6 is 7.60 Å². The van der Waals surface area contributed by atoms with Crippen LogP contribution in [-0.4, -0.2) is 24.0 Å². The number of hydrogen-bond donors (Lipinski definition) is 2. The van der Waals surface area contributed by atoms with Crippen LogP contribution in [0.2, 0.25) is 0 Å². The Hall–Kier alpha value is -1.13. The quantitative estimate of drug-likeness (QED) is 0.818. The van der Waals surface area contributed by atoms with Gasteiger partial charge >= 0.3 is 7.60 Å². The zero-order chi connectivity index (χ0) is 15.7. The van der Waals surface area contributed by atoms with Crippen LogP contribution < -0.4 is 5.32 Å². The molecule has 2 heterocycles. The van der Waals surface area contributed by atoms with Crippen LogP contribution in [0.5, 0.6) is 0 Å². The van der Waals surface area contributed by atoms with E-state index in [2.05, 4.69) is 29.4 Å². The zero-order valence-electron chi connectivity index (χ0n) is 13.3. The maximum absolute atomic E-state index is 13.1. The summed E-state index contributed by atoms with van der Waals surface area (Å²) in [6.45, 7) is 6.52. The maximum Gasteiger partial charge on any atom is 0.347 e. The fraction of sp³-hybridized carbons (Fsp3) is 0.500. The van der Waals surface area contributed by atoms with Gasteiger partial charge in [0.2, 0.25) is 0 Å². The van der Waals surface area contributed by atoms with E-state index in [1.165, 1.54) is 10.9 Å². The molecule has 2 unspecified atom stereocenters. The molecule has 2 atom stereocenters. The fourth-order valence-electron chi connectivity index (χ4n) is 3.21. The van der Waals surface area contributed by atoms with Crippen molar-refractivity contribution in [1.82, 2.24) is 10.3 Å². The van der Waals surface area contributed by atoms with Gasteiger partial charge in [-0.1, -0.05) is 18.2 Å². The van der Waals surface area contributed by atoms with E-state index in [-0.39, 0.29) is 11.8 Å². The number of aromatic amines is 1. The molecule has 0 radical (unpaired) electrons. The summed E-state index contributed by atoms with van der Waals surface area (Å²) in [4.78, 5) is 3.47. The molecule has 0 saturated heterocycles. The lowest BCUT2D eigenvalue weighted by Crippen LogP contribution is -2.39. The molecular weight excluding hydrogens is 299 g/mol. The Balaban J connectivity index is 2.00. The van der Waals surface area contributed by atoms with E-state index < -0.39 is 7.60 Å². The first kappa shape index (κ1) is 15.8. The number of para-hydroxylation sites is 1. The highest BCUT2D eigenvalue weighted by molar-refractivity contribution is 7.54. The molecule has 0 amide bonds. The largest absolute Gasteiger partial charge is 0.357 e. The van der Waals surface area contributed by atoms with Crippen molar-refractivity contribution in [2.75, 3.05) is 13.2 Å². The summed E-state index contributed by atoms with van der Waals surface area (Å²) in [5.74, 6) is -0.311. The topological polar surface area (TPSA) is 63.4 Å². The minimum Gasteiger partial charge on any atom is -0.357 e. The first-order valence-electron chi connectivity index (χ1n) is 7.83. The minimum absolute atomic E-state index is 0.0791. The summed E-state index contributed by atoms with van der Waals surface area (Å²) >= 11 is 0. The molecule has 0 fully saturated rings. The predicted octanol–water partition coefficient (Wildman–Crippen LogP) is 3.97. The lowest BCUT2D eigenvalue weighted by molar-refractivity contribution is 0.203. The van der Waals surface area contributed by atoms with Crippen molar-refractivity contribution < 1.29 is 13.6 Å². The normalized spacial score (nSPS) is 22.0. The molecule has 0 aliphatic carbocycles. The molecule has 1 aliphatic heterocycles. The number of nitrogens with one attached hydrogen (secondary N) is 2. The molecule has 22 heavy (non-hydrogen) atoms. The Kier molecular flexibility index (Phi) is 4.42. The van der Waals surface area contributed by atoms with Crippen LogP contribution in [-0.2, 0) is 20.0 Å². The van der Waals surface area contributed by atoms with E-state index in [4.69, 9.17) is 9.05 Å². The Morgan fingerprint density at radius 2 is 1.91 bits per heavy atom. The number of hydrogen-bond acceptors (Lipinski definition) is 4. The number of H-pyrrole nitrogens is 1. The second kappa shape index (κ2) is 6.17. The smallest absolute Gasteiger partial charge is 0.347 e. The third-order valence-corrected chi connectivity index (χ3v) is 6.45. The first-order chi connectivity index (χ1) is 10.6. The monoisotopic (exact) mass is 322 g/mol. The van der Waals surface area contributed by atoms with Crippen molar-refractivity contribution in [1.29, 1.82) is 0 Å². The van der Waals surface area contributed by atoms with Crippen LogP contribution in [0.4, 0.5) is 0 Å². The van der Waals surface area contributed by atoms with Crippen molar-refractivity contribution in [3.63, 3.8) is 0 Å². The molecule has 0 spiro atoms. The number of fused-ring (bicyclic) bond motifs is 3. The minimum atomic E-state index is -3.17. The van der Waals surface area contributed by atoms with Crippen LogP contribution in [0, 0.1) is 0 Å². The molecule has 6 heteroatoms. The van der Waals surface area contributed by atoms with E-state index in [1.54, 1.807) is 0 Å². The van der Waals surface area contributed by atoms with Gasteiger partial charge < -0.3 is 14.0 Å². The Morgan fingerprint density at radius 3 is 2.59 bits per heavy atom. The van der Waals surface area contributed by atoms with Crippen LogP contribution in [0.15, 0.2) is 24.3 Å². The van der Waals surface area contributed by atoms with Gasteiger partial charge in [0.25, 0.3) is 0 Å². The van der Waals surface area contributed by atoms with Crippen molar-refractivity contribution in [3.8, 4) is 0 Å². The molecule has 0 saturated carbocycles. The highest BCUT2D eigenvalue weighted by Gasteiger charge is 2.40. The fourth-order valence-corrected chi connectivity index (χ4v) is 5.18. The van der Waals surface area contributed by atoms with Gasteiger partial charge in [0, 0.05) is 29.1 Å². The van der Waals surface area contributed by atoms with Gasteiger partial charge in [0.05, 0.1) is 13.2 Å². The lowest BCUT2D eigenvalue weighted by Gasteiger charge is -2.33. The predicted molar refractivity (Wildman–Crippen MR) is 88.2 cm³/mol. The third-order valence-electron chi connectivity index (χ3n) is 4.12. The van der Waals surface area contributed by atoms with Gasteiger partial charge in [-0.2, -0.15) is 0 Å². The van der Waals surface area contributed by atoms with E-state index in [0.29, 0.717) is 19.6 Å². The Morgan fingerprint density at radius 1 is 1.23 bits per heavy atom. The van der Waals surface area contributed by atoms with Crippen molar-refractivity contribution in [2.45, 2.75) is 39.0 Å². The van der Waals surface area contributed by atoms with Crippen molar-refractivity contribution >= 4 is 18.5 Å². The van der Waals surface area contributed by atoms with Crippen LogP contribution in [0.25, 0.3) is 10.9 Å². The first-order valence-corrected chi connectivity index (χ1v) is 9.44. The van der Waals surface area contributed by atoms with E-state index in [1.807, 2.05) is 26.0 Å². The van der Waals surface area contributed by atoms with Crippen LogP contribution in [0.3, 0.4) is 0 Å². The molecule has 5 nitrogen and oxygen atoms in total. The Bertz CT molecular complexity index is 702. The Labute approximate surface area is 130 Å². The average Bonchev–Trinajstić information content (AvgIpc) is 2.87. The zero-order valence-corrected chi connectivity index (χ0v) is 14.2. The van der Waals surface area contributed by atoms with Gasteiger partial charge in [-0.3, -0.25) is 9.88 Å². The SMILES string of the molecule is CCOP(=O)(OCC)C1Cc2c([nH]c3ccccc23)C(C)N1. The van der Waals surface area contributed by atoms with E-state index in [9.17, 15) is 4.57 Å². The van der Waals surface area contributed by atoms with Gasteiger partial charge in [-0.15, -0.1) is 0 Å². The molecule has 2 N–H and O–H groups in total. The van der Waals surface area contributed by atoms with Gasteiger partial charge in [0.1, 0.15) is 5.78 Å². The number of benzene rings is 1. The summed E-state index contributed by atoms with van der Waals surface area (Å²) in [6.07, 6.45) is 0.640. The van der Waals surface area contributed by atoms with Gasteiger partial charge in [-0.25, -0.2) is 0 Å². The molecule has 0 bridgehead atoms. The standard InChI is InChI=1S/C16H23N2O3P/c1-4-20-22(19,21-5-2)15-10-13-12-8-6-7-9-14(12)18-16(13)11(3)17-15/h6-9,11,15,17-18H,4-5,10H2,1-3H3. The van der Waals surface area contributed by atoms with Gasteiger partial charge in [0.15, 0.2) is 0 Å². The summed E-state index contributed by atoms with van der Waals surface area (Å²) < 4.78 is 24.1. The second-order valence-corrected chi connectivity index (χ2v) is 7.77. The third kappa shape index (κ3) is 2.63. The van der Waals surface area contributed by atoms with Crippen molar-refractivity contribution in [3.05, 3.63) is 35.5 Å². The molecule has 1 aromatic heterocycles.